The molecule has 5 heteroatoms. The maximum Gasteiger partial charge on any atom is 0.291 e. The van der Waals surface area contributed by atoms with E-state index in [4.69, 9.17) is 9.57 Å². The molecule has 0 aromatic heterocycles. The molecular formula is C10H20N2O3. The largest absolute Gasteiger partial charge is 0.482 e. The second-order valence-electron chi connectivity index (χ2n) is 2.53. The Morgan fingerprint density at radius 3 is 2.13 bits per heavy atom. The highest BCUT2D eigenvalue weighted by Gasteiger charge is 2.10. The molecule has 0 aromatic carbocycles. The molecule has 0 aromatic rings. The molecule has 1 amide bonds. The second-order valence-corrected chi connectivity index (χ2v) is 2.53. The summed E-state index contributed by atoms with van der Waals surface area (Å²) in [6.45, 7) is 9.01. The van der Waals surface area contributed by atoms with Crippen molar-refractivity contribution in [2.24, 2.45) is 5.16 Å². The average Bonchev–Trinajstić information content (AvgIpc) is 2.26. The smallest absolute Gasteiger partial charge is 0.291 e. The van der Waals surface area contributed by atoms with E-state index >= 15 is 0 Å². The van der Waals surface area contributed by atoms with E-state index in [1.165, 1.54) is 12.0 Å². The van der Waals surface area contributed by atoms with Crippen molar-refractivity contribution >= 4 is 11.8 Å². The van der Waals surface area contributed by atoms with Gasteiger partial charge < -0.3 is 14.5 Å². The van der Waals surface area contributed by atoms with Crippen LogP contribution in [0.5, 0.6) is 0 Å². The highest BCUT2D eigenvalue weighted by atomic mass is 16.7. The Hall–Kier alpha value is -1.52. The molecule has 0 heterocycles. The number of nitrogens with zero attached hydrogens (tertiary/aromatic N) is 2. The number of rotatable bonds is 3. The number of amides is 1. The maximum atomic E-state index is 11.1. The molecule has 0 aliphatic carbocycles. The highest BCUT2D eigenvalue weighted by molar-refractivity contribution is 5.90. The first-order chi connectivity index (χ1) is 6.99. The Labute approximate surface area is 91.3 Å². The molecule has 0 fully saturated rings. The lowest BCUT2D eigenvalue weighted by Gasteiger charge is -2.09. The van der Waals surface area contributed by atoms with Gasteiger partial charge in [-0.2, -0.15) is 0 Å². The number of oxime groups is 1. The SMILES string of the molecule is C=C(O/N=C(\C)OC)C(=O)N(C)C.CC. The summed E-state index contributed by atoms with van der Waals surface area (Å²) in [5, 5.41) is 3.49. The molecule has 0 aliphatic rings. The van der Waals surface area contributed by atoms with E-state index < -0.39 is 0 Å². The summed E-state index contributed by atoms with van der Waals surface area (Å²) in [5.41, 5.74) is 0. The van der Waals surface area contributed by atoms with E-state index in [-0.39, 0.29) is 11.7 Å². The average molecular weight is 216 g/mol. The van der Waals surface area contributed by atoms with Crippen LogP contribution in [0.25, 0.3) is 0 Å². The van der Waals surface area contributed by atoms with Crippen LogP contribution in [-0.4, -0.2) is 37.9 Å². The minimum atomic E-state index is -0.326. The lowest BCUT2D eigenvalue weighted by atomic mass is 10.5. The number of carbonyl (C=O) groups is 1. The van der Waals surface area contributed by atoms with Gasteiger partial charge in [0.2, 0.25) is 11.7 Å². The normalized spacial score (nSPS) is 9.60. The van der Waals surface area contributed by atoms with Crippen LogP contribution in [0.2, 0.25) is 0 Å². The van der Waals surface area contributed by atoms with Crippen LogP contribution in [0, 0.1) is 0 Å². The minimum Gasteiger partial charge on any atom is -0.482 e. The lowest BCUT2D eigenvalue weighted by molar-refractivity contribution is -0.128. The van der Waals surface area contributed by atoms with Gasteiger partial charge >= 0.3 is 0 Å². The number of ether oxygens (including phenoxy) is 1. The fourth-order valence-electron chi connectivity index (χ4n) is 0.445. The van der Waals surface area contributed by atoms with Gasteiger partial charge in [-0.3, -0.25) is 4.79 Å². The number of methoxy groups -OCH3 is 1. The molecule has 0 N–H and O–H groups in total. The van der Waals surface area contributed by atoms with Crippen LogP contribution in [0.3, 0.4) is 0 Å². The molecule has 0 aliphatic heterocycles. The Kier molecular flexibility index (Phi) is 9.61. The van der Waals surface area contributed by atoms with Crippen molar-refractivity contribution in [2.75, 3.05) is 21.2 Å². The topological polar surface area (TPSA) is 51.1 Å². The molecule has 0 saturated heterocycles. The Bertz CT molecular complexity index is 235. The van der Waals surface area contributed by atoms with Gasteiger partial charge in [0.05, 0.1) is 7.11 Å². The molecule has 0 spiro atoms. The third-order valence-electron chi connectivity index (χ3n) is 1.22. The first-order valence-corrected chi connectivity index (χ1v) is 4.65. The Morgan fingerprint density at radius 1 is 1.33 bits per heavy atom. The zero-order valence-corrected chi connectivity index (χ0v) is 10.3. The number of carbonyl (C=O) groups excluding carboxylic acids is 1. The van der Waals surface area contributed by atoms with Crippen molar-refractivity contribution < 1.29 is 14.4 Å². The van der Waals surface area contributed by atoms with Crippen LogP contribution in [-0.2, 0) is 14.4 Å². The van der Waals surface area contributed by atoms with E-state index in [9.17, 15) is 4.79 Å². The number of hydrogen-bond donors (Lipinski definition) is 0. The molecular weight excluding hydrogens is 196 g/mol. The van der Waals surface area contributed by atoms with Crippen LogP contribution >= 0.6 is 0 Å². The molecule has 0 saturated carbocycles. The van der Waals surface area contributed by atoms with Gasteiger partial charge in [0.25, 0.3) is 5.91 Å². The van der Waals surface area contributed by atoms with E-state index in [0.29, 0.717) is 5.90 Å². The summed E-state index contributed by atoms with van der Waals surface area (Å²) in [4.78, 5) is 17.2. The van der Waals surface area contributed by atoms with Gasteiger partial charge in [0.1, 0.15) is 0 Å². The molecule has 0 radical (unpaired) electrons. The first-order valence-electron chi connectivity index (χ1n) is 4.65. The molecule has 0 rings (SSSR count). The minimum absolute atomic E-state index is 0.0404. The Balaban J connectivity index is 0. The van der Waals surface area contributed by atoms with E-state index in [1.807, 2.05) is 13.8 Å². The van der Waals surface area contributed by atoms with Crippen molar-refractivity contribution in [1.29, 1.82) is 0 Å². The van der Waals surface area contributed by atoms with Gasteiger partial charge in [0, 0.05) is 21.0 Å². The molecule has 0 unspecified atom stereocenters. The van der Waals surface area contributed by atoms with Crippen molar-refractivity contribution in [3.8, 4) is 0 Å². The summed E-state index contributed by atoms with van der Waals surface area (Å²) in [5.74, 6) is -0.0400. The van der Waals surface area contributed by atoms with Gasteiger partial charge in [-0.05, 0) is 11.7 Å². The molecule has 88 valence electrons. The van der Waals surface area contributed by atoms with Gasteiger partial charge in [-0.25, -0.2) is 0 Å². The summed E-state index contributed by atoms with van der Waals surface area (Å²) >= 11 is 0. The zero-order valence-electron chi connectivity index (χ0n) is 10.3. The molecule has 0 bridgehead atoms. The Morgan fingerprint density at radius 2 is 1.80 bits per heavy atom. The predicted molar refractivity (Wildman–Crippen MR) is 60.4 cm³/mol. The maximum absolute atomic E-state index is 11.1. The van der Waals surface area contributed by atoms with Crippen LogP contribution < -0.4 is 0 Å². The van der Waals surface area contributed by atoms with Crippen molar-refractivity contribution in [3.63, 3.8) is 0 Å². The monoisotopic (exact) mass is 216 g/mol. The quantitative estimate of drug-likeness (QED) is 0.237. The van der Waals surface area contributed by atoms with Crippen molar-refractivity contribution in [2.45, 2.75) is 20.8 Å². The zero-order chi connectivity index (χ0) is 12.4. The van der Waals surface area contributed by atoms with E-state index in [1.54, 1.807) is 21.0 Å². The highest BCUT2D eigenvalue weighted by Crippen LogP contribution is 1.98. The summed E-state index contributed by atoms with van der Waals surface area (Å²) in [6.07, 6.45) is 0. The summed E-state index contributed by atoms with van der Waals surface area (Å²) in [6, 6.07) is 0. The standard InChI is InChI=1S/C8H14N2O3.C2H6/c1-6(8(11)10(3)4)13-9-7(2)12-5;1-2/h1H2,2-5H3;1-2H3/b9-7+;. The fraction of sp³-hybridized carbons (Fsp3) is 0.600. The van der Waals surface area contributed by atoms with Crippen LogP contribution in [0.1, 0.15) is 20.8 Å². The van der Waals surface area contributed by atoms with Crippen molar-refractivity contribution in [3.05, 3.63) is 12.3 Å². The molecule has 5 nitrogen and oxygen atoms in total. The van der Waals surface area contributed by atoms with E-state index in [2.05, 4.69) is 11.7 Å². The summed E-state index contributed by atoms with van der Waals surface area (Å²) in [7, 11) is 4.66. The van der Waals surface area contributed by atoms with Gasteiger partial charge in [-0.15, -0.1) is 0 Å². The lowest BCUT2D eigenvalue weighted by Crippen LogP contribution is -2.23. The number of likely N-dealkylation sites (N-methyl/N-ethyl adjacent to an activating group) is 1. The van der Waals surface area contributed by atoms with Crippen LogP contribution in [0.4, 0.5) is 0 Å². The molecule has 0 atom stereocenters. The molecule has 15 heavy (non-hydrogen) atoms. The summed E-state index contributed by atoms with van der Waals surface area (Å²) < 4.78 is 4.70. The van der Waals surface area contributed by atoms with Crippen molar-refractivity contribution in [1.82, 2.24) is 4.90 Å². The van der Waals surface area contributed by atoms with Gasteiger partial charge in [-0.1, -0.05) is 13.8 Å². The fourth-order valence-corrected chi connectivity index (χ4v) is 0.445. The first kappa shape index (κ1) is 15.9. The predicted octanol–water partition coefficient (Wildman–Crippen LogP) is 1.61. The number of hydrogen-bond acceptors (Lipinski definition) is 4. The van der Waals surface area contributed by atoms with Gasteiger partial charge in [0.15, 0.2) is 0 Å². The van der Waals surface area contributed by atoms with E-state index in [0.717, 1.165) is 0 Å². The second kappa shape index (κ2) is 9.05. The third-order valence-corrected chi connectivity index (χ3v) is 1.22. The third kappa shape index (κ3) is 7.54. The van der Waals surface area contributed by atoms with Crippen LogP contribution in [0.15, 0.2) is 17.5 Å².